The van der Waals surface area contributed by atoms with Crippen molar-refractivity contribution < 1.29 is 21.2 Å². The van der Waals surface area contributed by atoms with E-state index < -0.39 is 25.9 Å². The predicted octanol–water partition coefficient (Wildman–Crippen LogP) is 1.80. The molecule has 4 rings (SSSR count). The van der Waals surface area contributed by atoms with Crippen LogP contribution in [0.3, 0.4) is 0 Å². The number of para-hydroxylation sites is 1. The van der Waals surface area contributed by atoms with Crippen LogP contribution in [0.15, 0.2) is 49.2 Å². The Morgan fingerprint density at radius 2 is 1.97 bits per heavy atom. The van der Waals surface area contributed by atoms with Gasteiger partial charge in [0.1, 0.15) is 20.8 Å². The van der Waals surface area contributed by atoms with Gasteiger partial charge < -0.3 is 5.32 Å². The first-order chi connectivity index (χ1) is 13.8. The second-order valence-electron chi connectivity index (χ2n) is 6.72. The van der Waals surface area contributed by atoms with Gasteiger partial charge in [0.2, 0.25) is 0 Å². The van der Waals surface area contributed by atoms with Gasteiger partial charge in [0.25, 0.3) is 20.0 Å². The fourth-order valence-corrected chi connectivity index (χ4v) is 7.13. The van der Waals surface area contributed by atoms with Crippen molar-refractivity contribution in [2.75, 3.05) is 38.0 Å². The Bertz CT molecular complexity index is 1150. The van der Waals surface area contributed by atoms with Crippen LogP contribution in [0.1, 0.15) is 6.42 Å². The highest BCUT2D eigenvalue weighted by molar-refractivity contribution is 7.91. The van der Waals surface area contributed by atoms with Gasteiger partial charge in [-0.2, -0.15) is 12.7 Å². The topological polar surface area (TPSA) is 99.2 Å². The summed E-state index contributed by atoms with van der Waals surface area (Å²) < 4.78 is 69.8. The molecule has 2 aromatic rings. The molecule has 0 aliphatic carbocycles. The molecule has 0 amide bonds. The second kappa shape index (κ2) is 7.76. The van der Waals surface area contributed by atoms with E-state index in [1.54, 1.807) is 17.5 Å². The smallest absolute Gasteiger partial charge is 0.286 e. The van der Waals surface area contributed by atoms with E-state index in [0.29, 0.717) is 30.3 Å². The first kappa shape index (κ1) is 20.4. The average molecular weight is 459 g/mol. The number of benzene rings is 1. The SMILES string of the molecule is O=S1(=O)N=C(CN2CCCN(S(=O)(=O)c3cccs3)CC2)Nc2c(F)cccc21. The molecule has 12 heteroatoms. The molecule has 0 bridgehead atoms. The van der Waals surface area contributed by atoms with Gasteiger partial charge in [-0.1, -0.05) is 12.1 Å². The number of nitrogens with one attached hydrogen (secondary N) is 1. The van der Waals surface area contributed by atoms with Crippen LogP contribution in [-0.4, -0.2) is 64.6 Å². The molecule has 0 radical (unpaired) electrons. The zero-order valence-electron chi connectivity index (χ0n) is 15.3. The Morgan fingerprint density at radius 1 is 1.14 bits per heavy atom. The molecule has 1 aromatic carbocycles. The van der Waals surface area contributed by atoms with Gasteiger partial charge >= 0.3 is 0 Å². The van der Waals surface area contributed by atoms with E-state index >= 15 is 0 Å². The summed E-state index contributed by atoms with van der Waals surface area (Å²) in [5.41, 5.74) is -0.103. The lowest BCUT2D eigenvalue weighted by Crippen LogP contribution is -2.39. The van der Waals surface area contributed by atoms with Gasteiger partial charge in [-0.05, 0) is 36.5 Å². The molecular formula is C17H19FN4O4S3. The van der Waals surface area contributed by atoms with Crippen LogP contribution in [0.4, 0.5) is 10.1 Å². The first-order valence-corrected chi connectivity index (χ1v) is 12.7. The Kier molecular flexibility index (Phi) is 5.46. The van der Waals surface area contributed by atoms with Gasteiger partial charge in [0.05, 0.1) is 12.2 Å². The molecule has 1 fully saturated rings. The maximum atomic E-state index is 14.1. The van der Waals surface area contributed by atoms with Crippen molar-refractivity contribution in [3.63, 3.8) is 0 Å². The van der Waals surface area contributed by atoms with Gasteiger partial charge in [-0.25, -0.2) is 12.8 Å². The van der Waals surface area contributed by atoms with Crippen molar-refractivity contribution >= 4 is 42.9 Å². The minimum Gasteiger partial charge on any atom is -0.338 e. The number of nitrogens with zero attached hydrogens (tertiary/aromatic N) is 3. The molecule has 0 atom stereocenters. The lowest BCUT2D eigenvalue weighted by atomic mass is 10.3. The summed E-state index contributed by atoms with van der Waals surface area (Å²) in [6.45, 7) is 1.80. The van der Waals surface area contributed by atoms with Crippen LogP contribution < -0.4 is 5.32 Å². The summed E-state index contributed by atoms with van der Waals surface area (Å²) >= 11 is 1.18. The van der Waals surface area contributed by atoms with Gasteiger partial charge in [-0.3, -0.25) is 4.90 Å². The van der Waals surface area contributed by atoms with Crippen molar-refractivity contribution in [3.05, 3.63) is 41.5 Å². The number of rotatable bonds is 4. The lowest BCUT2D eigenvalue weighted by Gasteiger charge is -2.24. The van der Waals surface area contributed by atoms with Crippen LogP contribution in [0.5, 0.6) is 0 Å². The number of fused-ring (bicyclic) bond motifs is 1. The third kappa shape index (κ3) is 4.08. The molecule has 3 heterocycles. The predicted molar refractivity (Wildman–Crippen MR) is 109 cm³/mol. The van der Waals surface area contributed by atoms with E-state index in [9.17, 15) is 21.2 Å². The van der Waals surface area contributed by atoms with Crippen molar-refractivity contribution in [2.45, 2.75) is 15.5 Å². The van der Waals surface area contributed by atoms with Gasteiger partial charge in [0.15, 0.2) is 0 Å². The number of amidine groups is 1. The number of sulfonamides is 2. The van der Waals surface area contributed by atoms with Crippen molar-refractivity contribution in [1.82, 2.24) is 9.21 Å². The lowest BCUT2D eigenvalue weighted by molar-refractivity contribution is 0.324. The zero-order valence-corrected chi connectivity index (χ0v) is 17.7. The minimum absolute atomic E-state index is 0.103. The highest BCUT2D eigenvalue weighted by atomic mass is 32.2. The molecular weight excluding hydrogens is 439 g/mol. The Hall–Kier alpha value is -1.86. The average Bonchev–Trinajstić information content (AvgIpc) is 3.10. The van der Waals surface area contributed by atoms with Crippen molar-refractivity contribution in [1.29, 1.82) is 0 Å². The molecule has 156 valence electrons. The number of hydrogen-bond acceptors (Lipinski definition) is 7. The summed E-state index contributed by atoms with van der Waals surface area (Å²) in [4.78, 5) is 1.72. The maximum Gasteiger partial charge on any atom is 0.286 e. The Balaban J connectivity index is 1.48. The van der Waals surface area contributed by atoms with Crippen LogP contribution in [0, 0.1) is 5.82 Å². The molecule has 1 saturated heterocycles. The molecule has 1 N–H and O–H groups in total. The standard InChI is InChI=1S/C17H19FN4O4S3/c18-13-4-1-5-14-17(13)19-15(20-28(14,23)24)12-21-7-3-8-22(10-9-21)29(25,26)16-6-2-11-27-16/h1-2,4-6,11H,3,7-10,12H2,(H,19,20). The van der Waals surface area contributed by atoms with E-state index in [1.807, 2.05) is 4.90 Å². The molecule has 2 aliphatic rings. The van der Waals surface area contributed by atoms with E-state index in [2.05, 4.69) is 9.71 Å². The van der Waals surface area contributed by atoms with Crippen LogP contribution in [0.25, 0.3) is 0 Å². The highest BCUT2D eigenvalue weighted by Gasteiger charge is 2.30. The Morgan fingerprint density at radius 3 is 2.72 bits per heavy atom. The Labute approximate surface area is 172 Å². The third-order valence-corrected chi connectivity index (χ3v) is 9.39. The first-order valence-electron chi connectivity index (χ1n) is 8.93. The monoisotopic (exact) mass is 458 g/mol. The summed E-state index contributed by atoms with van der Waals surface area (Å²) in [6.07, 6.45) is 0.593. The molecule has 29 heavy (non-hydrogen) atoms. The van der Waals surface area contributed by atoms with E-state index in [0.717, 1.165) is 0 Å². The van der Waals surface area contributed by atoms with E-state index in [-0.39, 0.29) is 29.5 Å². The van der Waals surface area contributed by atoms with Gasteiger partial charge in [0, 0.05) is 19.6 Å². The van der Waals surface area contributed by atoms with Crippen molar-refractivity contribution in [3.8, 4) is 0 Å². The van der Waals surface area contributed by atoms with Gasteiger partial charge in [-0.15, -0.1) is 15.7 Å². The van der Waals surface area contributed by atoms with Crippen LogP contribution in [0.2, 0.25) is 0 Å². The zero-order chi connectivity index (χ0) is 20.6. The highest BCUT2D eigenvalue weighted by Crippen LogP contribution is 2.29. The summed E-state index contributed by atoms with van der Waals surface area (Å²) in [5.74, 6) is -0.542. The molecule has 8 nitrogen and oxygen atoms in total. The minimum atomic E-state index is -3.98. The molecule has 2 aliphatic heterocycles. The largest absolute Gasteiger partial charge is 0.338 e. The van der Waals surface area contributed by atoms with Crippen molar-refractivity contribution in [2.24, 2.45) is 4.40 Å². The third-order valence-electron chi connectivity index (χ3n) is 4.76. The molecule has 0 unspecified atom stereocenters. The van der Waals surface area contributed by atoms with E-state index in [1.165, 1.54) is 33.8 Å². The number of halogens is 1. The second-order valence-corrected chi connectivity index (χ2v) is 11.4. The number of anilines is 1. The van der Waals surface area contributed by atoms with E-state index in [4.69, 9.17) is 0 Å². The fraction of sp³-hybridized carbons (Fsp3) is 0.353. The number of thiophene rings is 1. The maximum absolute atomic E-state index is 14.1. The fourth-order valence-electron chi connectivity index (χ4n) is 3.37. The summed E-state index contributed by atoms with van der Waals surface area (Å²) in [7, 11) is -7.51. The van der Waals surface area contributed by atoms with Crippen LogP contribution in [-0.2, 0) is 20.0 Å². The summed E-state index contributed by atoms with van der Waals surface area (Å²) in [5, 5.41) is 4.50. The molecule has 0 saturated carbocycles. The quantitative estimate of drug-likeness (QED) is 0.750. The molecule has 1 aromatic heterocycles. The molecule has 0 spiro atoms. The normalized spacial score (nSPS) is 20.4. The van der Waals surface area contributed by atoms with Crippen LogP contribution >= 0.6 is 11.3 Å². The number of hydrogen-bond donors (Lipinski definition) is 1. The summed E-state index contributed by atoms with van der Waals surface area (Å²) in [6, 6.07) is 7.10.